The van der Waals surface area contributed by atoms with Gasteiger partial charge in [-0.05, 0) is 34.5 Å². The summed E-state index contributed by atoms with van der Waals surface area (Å²) in [5.74, 6) is -0.500. The number of methoxy groups -OCH3 is 1. The maximum absolute atomic E-state index is 12.9. The van der Waals surface area contributed by atoms with Crippen molar-refractivity contribution in [2.24, 2.45) is 0 Å². The normalized spacial score (nSPS) is 14.5. The lowest BCUT2D eigenvalue weighted by Gasteiger charge is -2.18. The van der Waals surface area contributed by atoms with Gasteiger partial charge in [-0.3, -0.25) is 9.59 Å². The number of carbonyl (C=O) groups is 2. The molecule has 3 aromatic carbocycles. The van der Waals surface area contributed by atoms with Crippen molar-refractivity contribution in [3.8, 4) is 5.75 Å². The molecule has 1 fully saturated rings. The molecule has 1 aliphatic heterocycles. The van der Waals surface area contributed by atoms with Gasteiger partial charge in [0.15, 0.2) is 0 Å². The molecule has 1 N–H and O–H groups in total. The van der Waals surface area contributed by atoms with Crippen LogP contribution in [0.25, 0.3) is 10.8 Å². The number of nitrogens with one attached hydrogen (secondary N) is 1. The molecule has 4 rings (SSSR count). The molecule has 1 aliphatic rings. The Hall–Kier alpha value is -3.23. The summed E-state index contributed by atoms with van der Waals surface area (Å²) < 4.78 is 33.7. The summed E-state index contributed by atoms with van der Waals surface area (Å²) in [4.78, 5) is 25.2. The van der Waals surface area contributed by atoms with Gasteiger partial charge >= 0.3 is 0 Å². The lowest BCUT2D eigenvalue weighted by molar-refractivity contribution is -0.121. The van der Waals surface area contributed by atoms with E-state index in [0.717, 1.165) is 21.2 Å². The molecule has 0 spiro atoms. The molecule has 1 saturated heterocycles. The molecule has 1 heterocycles. The van der Waals surface area contributed by atoms with Crippen molar-refractivity contribution < 1.29 is 22.7 Å². The molecule has 8 heteroatoms. The fraction of sp³-hybridized carbons (Fsp3) is 0.182. The Morgan fingerprint density at radius 1 is 0.967 bits per heavy atom. The monoisotopic (exact) mass is 424 g/mol. The van der Waals surface area contributed by atoms with E-state index in [1.807, 2.05) is 42.5 Å². The molecule has 3 aromatic rings. The van der Waals surface area contributed by atoms with E-state index in [0.29, 0.717) is 0 Å². The van der Waals surface area contributed by atoms with Gasteiger partial charge in [-0.2, -0.15) is 0 Å². The Balaban J connectivity index is 1.65. The van der Waals surface area contributed by atoms with Gasteiger partial charge in [0.25, 0.3) is 0 Å². The number of fused-ring (bicyclic) bond motifs is 1. The number of imide groups is 1. The second-order valence-corrected chi connectivity index (χ2v) is 8.69. The van der Waals surface area contributed by atoms with Crippen LogP contribution in [0.2, 0.25) is 0 Å². The Morgan fingerprint density at radius 2 is 1.67 bits per heavy atom. The van der Waals surface area contributed by atoms with Crippen molar-refractivity contribution in [1.82, 2.24) is 4.72 Å². The Bertz CT molecular complexity index is 1230. The van der Waals surface area contributed by atoms with Crippen molar-refractivity contribution in [3.63, 3.8) is 0 Å². The third-order valence-corrected chi connectivity index (χ3v) is 6.48. The standard InChI is InChI=1S/C22H20N2O5S/c1-29-20-10-9-17(13-19(20)24-21(25)11-12-22(24)26)30(27,28)23-14-16-7-4-6-15-5-2-3-8-18(15)16/h2-10,13,23H,11-12,14H2,1H3. The van der Waals surface area contributed by atoms with Crippen molar-refractivity contribution in [2.45, 2.75) is 24.3 Å². The largest absolute Gasteiger partial charge is 0.495 e. The molecule has 30 heavy (non-hydrogen) atoms. The second kappa shape index (κ2) is 7.89. The number of ether oxygens (including phenoxy) is 1. The Labute approximate surface area is 174 Å². The first-order valence-electron chi connectivity index (χ1n) is 9.41. The molecule has 0 unspecified atom stereocenters. The number of carbonyl (C=O) groups excluding carboxylic acids is 2. The predicted molar refractivity (Wildman–Crippen MR) is 113 cm³/mol. The van der Waals surface area contributed by atoms with Crippen LogP contribution < -0.4 is 14.4 Å². The highest BCUT2D eigenvalue weighted by molar-refractivity contribution is 7.89. The van der Waals surface area contributed by atoms with Crippen LogP contribution in [0, 0.1) is 0 Å². The summed E-state index contributed by atoms with van der Waals surface area (Å²) >= 11 is 0. The molecular formula is C22H20N2O5S. The minimum absolute atomic E-state index is 0.0500. The van der Waals surface area contributed by atoms with E-state index in [1.54, 1.807) is 0 Å². The Kier molecular flexibility index (Phi) is 5.27. The van der Waals surface area contributed by atoms with Crippen molar-refractivity contribution >= 4 is 38.3 Å². The number of anilines is 1. The van der Waals surface area contributed by atoms with Gasteiger partial charge in [-0.1, -0.05) is 42.5 Å². The summed E-state index contributed by atoms with van der Waals surface area (Å²) in [5.41, 5.74) is 0.980. The topological polar surface area (TPSA) is 92.8 Å². The first kappa shape index (κ1) is 20.1. The number of hydrogen-bond donors (Lipinski definition) is 1. The third kappa shape index (κ3) is 3.67. The van der Waals surface area contributed by atoms with E-state index < -0.39 is 10.0 Å². The zero-order chi connectivity index (χ0) is 21.3. The van der Waals surface area contributed by atoms with E-state index >= 15 is 0 Å². The smallest absolute Gasteiger partial charge is 0.240 e. The van der Waals surface area contributed by atoms with Gasteiger partial charge in [-0.15, -0.1) is 0 Å². The molecule has 7 nitrogen and oxygen atoms in total. The zero-order valence-corrected chi connectivity index (χ0v) is 17.1. The summed E-state index contributed by atoms with van der Waals surface area (Å²) in [6.45, 7) is 0.104. The quantitative estimate of drug-likeness (QED) is 0.614. The van der Waals surface area contributed by atoms with Crippen molar-refractivity contribution in [3.05, 3.63) is 66.2 Å². The van der Waals surface area contributed by atoms with Gasteiger partial charge in [0.2, 0.25) is 21.8 Å². The highest BCUT2D eigenvalue weighted by Crippen LogP contribution is 2.34. The van der Waals surface area contributed by atoms with Crippen LogP contribution >= 0.6 is 0 Å². The van der Waals surface area contributed by atoms with E-state index in [-0.39, 0.29) is 47.5 Å². The zero-order valence-electron chi connectivity index (χ0n) is 16.3. The van der Waals surface area contributed by atoms with Gasteiger partial charge in [0.05, 0.1) is 17.7 Å². The molecule has 0 aromatic heterocycles. The molecule has 2 amide bonds. The highest BCUT2D eigenvalue weighted by Gasteiger charge is 2.33. The van der Waals surface area contributed by atoms with Gasteiger partial charge < -0.3 is 4.74 Å². The highest BCUT2D eigenvalue weighted by atomic mass is 32.2. The van der Waals surface area contributed by atoms with Crippen LogP contribution in [0.3, 0.4) is 0 Å². The minimum atomic E-state index is -3.89. The lowest BCUT2D eigenvalue weighted by atomic mass is 10.1. The van der Waals surface area contributed by atoms with Crippen molar-refractivity contribution in [1.29, 1.82) is 0 Å². The van der Waals surface area contributed by atoms with E-state index in [2.05, 4.69) is 4.72 Å². The fourth-order valence-corrected chi connectivity index (χ4v) is 4.59. The van der Waals surface area contributed by atoms with Gasteiger partial charge in [0, 0.05) is 19.4 Å². The third-order valence-electron chi connectivity index (χ3n) is 5.09. The number of sulfonamides is 1. The SMILES string of the molecule is COc1ccc(S(=O)(=O)NCc2cccc3ccccc23)cc1N1C(=O)CCC1=O. The predicted octanol–water partition coefficient (Wildman–Crippen LogP) is 2.98. The average Bonchev–Trinajstić information content (AvgIpc) is 3.09. The van der Waals surface area contributed by atoms with Crippen LogP contribution in [0.5, 0.6) is 5.75 Å². The molecule has 0 aliphatic carbocycles. The van der Waals surface area contributed by atoms with E-state index in [4.69, 9.17) is 4.74 Å². The first-order chi connectivity index (χ1) is 14.4. The number of amides is 2. The average molecular weight is 424 g/mol. The van der Waals surface area contributed by atoms with Crippen LogP contribution in [0.4, 0.5) is 5.69 Å². The maximum atomic E-state index is 12.9. The number of benzene rings is 3. The number of hydrogen-bond acceptors (Lipinski definition) is 5. The molecule has 0 saturated carbocycles. The Morgan fingerprint density at radius 3 is 2.40 bits per heavy atom. The van der Waals surface area contributed by atoms with E-state index in [9.17, 15) is 18.0 Å². The molecule has 0 bridgehead atoms. The summed E-state index contributed by atoms with van der Waals surface area (Å²) in [7, 11) is -2.49. The summed E-state index contributed by atoms with van der Waals surface area (Å²) in [6, 6.07) is 17.6. The maximum Gasteiger partial charge on any atom is 0.240 e. The first-order valence-corrected chi connectivity index (χ1v) is 10.9. The number of rotatable bonds is 6. The van der Waals surface area contributed by atoms with Crippen LogP contribution in [0.15, 0.2) is 65.6 Å². The molecule has 0 atom stereocenters. The minimum Gasteiger partial charge on any atom is -0.495 e. The van der Waals surface area contributed by atoms with Gasteiger partial charge in [0.1, 0.15) is 5.75 Å². The van der Waals surface area contributed by atoms with Crippen LogP contribution in [-0.4, -0.2) is 27.3 Å². The van der Waals surface area contributed by atoms with Crippen LogP contribution in [-0.2, 0) is 26.2 Å². The number of nitrogens with zero attached hydrogens (tertiary/aromatic N) is 1. The second-order valence-electron chi connectivity index (χ2n) is 6.92. The molecule has 0 radical (unpaired) electrons. The van der Waals surface area contributed by atoms with Crippen LogP contribution in [0.1, 0.15) is 18.4 Å². The van der Waals surface area contributed by atoms with Crippen molar-refractivity contribution in [2.75, 3.05) is 12.0 Å². The molecule has 154 valence electrons. The fourth-order valence-electron chi connectivity index (χ4n) is 3.56. The summed E-state index contributed by atoms with van der Waals surface area (Å²) in [6.07, 6.45) is 0.191. The lowest BCUT2D eigenvalue weighted by Crippen LogP contribution is -2.29. The van der Waals surface area contributed by atoms with E-state index in [1.165, 1.54) is 25.3 Å². The molecular weight excluding hydrogens is 404 g/mol. The van der Waals surface area contributed by atoms with Gasteiger partial charge in [-0.25, -0.2) is 18.0 Å². The summed E-state index contributed by atoms with van der Waals surface area (Å²) in [5, 5.41) is 1.98.